The summed E-state index contributed by atoms with van der Waals surface area (Å²) in [5, 5.41) is 0. The second-order valence-electron chi connectivity index (χ2n) is 8.22. The fraction of sp³-hybridized carbons (Fsp3) is 1.00. The van der Waals surface area contributed by atoms with Gasteiger partial charge in [-0.2, -0.15) is 0 Å². The van der Waals surface area contributed by atoms with E-state index in [2.05, 4.69) is 42.4 Å². The first-order valence-corrected chi connectivity index (χ1v) is 9.28. The maximum atomic E-state index is 2.80. The highest BCUT2D eigenvalue weighted by molar-refractivity contribution is 4.97. The van der Waals surface area contributed by atoms with Crippen LogP contribution >= 0.6 is 0 Å². The van der Waals surface area contributed by atoms with E-state index in [0.717, 1.165) is 30.1 Å². The zero-order valence-electron chi connectivity index (χ0n) is 14.6. The predicted octanol–water partition coefficient (Wildman–Crippen LogP) is 2.66. The number of hydrogen-bond acceptors (Lipinski definition) is 3. The molecule has 0 spiro atoms. The average molecular weight is 293 g/mol. The van der Waals surface area contributed by atoms with Gasteiger partial charge >= 0.3 is 0 Å². The van der Waals surface area contributed by atoms with Gasteiger partial charge in [0.1, 0.15) is 0 Å². The smallest absolute Gasteiger partial charge is 0.0229 e. The fourth-order valence-electron chi connectivity index (χ4n) is 5.03. The molecule has 3 fully saturated rings. The molecule has 0 N–H and O–H groups in total. The summed E-state index contributed by atoms with van der Waals surface area (Å²) >= 11 is 0. The standard InChI is InChI=1S/C18H35N3/c1-14(2)20-9-7-16(8-10-20)11-19-12-17-5-6-18(13-19)21(17)15(3)4/h14-18H,5-13H2,1-4H3. The van der Waals surface area contributed by atoms with Gasteiger partial charge in [0.05, 0.1) is 0 Å². The summed E-state index contributed by atoms with van der Waals surface area (Å²) in [4.78, 5) is 8.26. The molecule has 3 heteroatoms. The van der Waals surface area contributed by atoms with Gasteiger partial charge in [-0.3, -0.25) is 9.80 Å². The summed E-state index contributed by atoms with van der Waals surface area (Å²) < 4.78 is 0. The first kappa shape index (κ1) is 15.8. The molecule has 2 bridgehead atoms. The normalized spacial score (nSPS) is 33.4. The Morgan fingerprint density at radius 1 is 0.810 bits per heavy atom. The second-order valence-corrected chi connectivity index (χ2v) is 8.22. The van der Waals surface area contributed by atoms with Crippen molar-refractivity contribution in [1.82, 2.24) is 14.7 Å². The molecule has 0 amide bonds. The van der Waals surface area contributed by atoms with Crippen LogP contribution in [0.25, 0.3) is 0 Å². The van der Waals surface area contributed by atoms with Crippen molar-refractivity contribution < 1.29 is 0 Å². The van der Waals surface area contributed by atoms with Crippen LogP contribution in [0.3, 0.4) is 0 Å². The number of piperidine rings is 1. The molecule has 0 radical (unpaired) electrons. The predicted molar refractivity (Wildman–Crippen MR) is 89.7 cm³/mol. The van der Waals surface area contributed by atoms with Crippen molar-refractivity contribution in [2.45, 2.75) is 77.5 Å². The molecular formula is C18H35N3. The third-order valence-electron chi connectivity index (χ3n) is 6.11. The summed E-state index contributed by atoms with van der Waals surface area (Å²) in [6.07, 6.45) is 5.70. The minimum atomic E-state index is 0.733. The summed E-state index contributed by atoms with van der Waals surface area (Å²) in [6.45, 7) is 16.1. The van der Waals surface area contributed by atoms with Gasteiger partial charge in [-0.05, 0) is 72.4 Å². The SMILES string of the molecule is CC(C)N1CCC(CN2CC3CCC(C2)N3C(C)C)CC1. The third kappa shape index (κ3) is 3.46. The average Bonchev–Trinajstić information content (AvgIpc) is 2.72. The van der Waals surface area contributed by atoms with Crippen LogP contribution in [-0.2, 0) is 0 Å². The maximum Gasteiger partial charge on any atom is 0.0229 e. The van der Waals surface area contributed by atoms with E-state index in [9.17, 15) is 0 Å². The zero-order chi connectivity index (χ0) is 15.0. The Balaban J connectivity index is 1.48. The Hall–Kier alpha value is -0.120. The van der Waals surface area contributed by atoms with Gasteiger partial charge < -0.3 is 4.90 Å². The van der Waals surface area contributed by atoms with E-state index < -0.39 is 0 Å². The summed E-state index contributed by atoms with van der Waals surface area (Å²) in [7, 11) is 0. The van der Waals surface area contributed by atoms with Gasteiger partial charge in [0.2, 0.25) is 0 Å². The lowest BCUT2D eigenvalue weighted by atomic mass is 9.94. The minimum absolute atomic E-state index is 0.733. The largest absolute Gasteiger partial charge is 0.301 e. The van der Waals surface area contributed by atoms with Crippen molar-refractivity contribution in [2.75, 3.05) is 32.7 Å². The van der Waals surface area contributed by atoms with Crippen molar-refractivity contribution in [3.8, 4) is 0 Å². The molecule has 0 aromatic rings. The number of nitrogens with zero attached hydrogens (tertiary/aromatic N) is 3. The first-order chi connectivity index (χ1) is 10.0. The van der Waals surface area contributed by atoms with E-state index in [1.807, 2.05) is 0 Å². The lowest BCUT2D eigenvalue weighted by Crippen LogP contribution is -2.57. The molecule has 3 nitrogen and oxygen atoms in total. The molecule has 0 aliphatic carbocycles. The monoisotopic (exact) mass is 293 g/mol. The lowest BCUT2D eigenvalue weighted by molar-refractivity contribution is 0.0281. The molecular weight excluding hydrogens is 258 g/mol. The number of fused-ring (bicyclic) bond motifs is 2. The molecule has 0 aromatic heterocycles. The Morgan fingerprint density at radius 2 is 1.38 bits per heavy atom. The molecule has 3 heterocycles. The Kier molecular flexibility index (Phi) is 4.92. The van der Waals surface area contributed by atoms with Crippen molar-refractivity contribution in [3.63, 3.8) is 0 Å². The molecule has 2 atom stereocenters. The Bertz CT molecular complexity index is 319. The zero-order valence-corrected chi connectivity index (χ0v) is 14.6. The van der Waals surface area contributed by atoms with E-state index in [4.69, 9.17) is 0 Å². The molecule has 0 saturated carbocycles. The molecule has 21 heavy (non-hydrogen) atoms. The highest BCUT2D eigenvalue weighted by Gasteiger charge is 2.41. The maximum absolute atomic E-state index is 2.80. The van der Waals surface area contributed by atoms with Crippen LogP contribution in [-0.4, -0.2) is 71.6 Å². The molecule has 3 rings (SSSR count). The minimum Gasteiger partial charge on any atom is -0.301 e. The highest BCUT2D eigenvalue weighted by Crippen LogP contribution is 2.33. The van der Waals surface area contributed by atoms with Gasteiger partial charge in [0, 0.05) is 43.8 Å². The molecule has 3 aliphatic rings. The lowest BCUT2D eigenvalue weighted by Gasteiger charge is -2.45. The quantitative estimate of drug-likeness (QED) is 0.789. The number of likely N-dealkylation sites (tertiary alicyclic amines) is 2. The van der Waals surface area contributed by atoms with Crippen molar-refractivity contribution >= 4 is 0 Å². The van der Waals surface area contributed by atoms with E-state index in [1.54, 1.807) is 0 Å². The molecule has 2 unspecified atom stereocenters. The summed E-state index contributed by atoms with van der Waals surface area (Å²) in [5.74, 6) is 0.949. The van der Waals surface area contributed by atoms with Crippen LogP contribution in [0.4, 0.5) is 0 Å². The van der Waals surface area contributed by atoms with E-state index >= 15 is 0 Å². The van der Waals surface area contributed by atoms with Crippen LogP contribution in [0.15, 0.2) is 0 Å². The number of piperazine rings is 1. The molecule has 0 aromatic carbocycles. The van der Waals surface area contributed by atoms with Gasteiger partial charge in [0.25, 0.3) is 0 Å². The fourth-order valence-corrected chi connectivity index (χ4v) is 5.03. The summed E-state index contributed by atoms with van der Waals surface area (Å²) in [5.41, 5.74) is 0. The van der Waals surface area contributed by atoms with E-state index in [0.29, 0.717) is 0 Å². The summed E-state index contributed by atoms with van der Waals surface area (Å²) in [6, 6.07) is 3.16. The third-order valence-corrected chi connectivity index (χ3v) is 6.11. The first-order valence-electron chi connectivity index (χ1n) is 9.28. The number of rotatable bonds is 4. The number of hydrogen-bond donors (Lipinski definition) is 0. The Morgan fingerprint density at radius 3 is 1.86 bits per heavy atom. The van der Waals surface area contributed by atoms with Crippen molar-refractivity contribution in [2.24, 2.45) is 5.92 Å². The van der Waals surface area contributed by atoms with Gasteiger partial charge in [0.15, 0.2) is 0 Å². The molecule has 122 valence electrons. The van der Waals surface area contributed by atoms with Crippen LogP contribution in [0, 0.1) is 5.92 Å². The highest BCUT2D eigenvalue weighted by atomic mass is 15.3. The van der Waals surface area contributed by atoms with Gasteiger partial charge in [-0.15, -0.1) is 0 Å². The van der Waals surface area contributed by atoms with Crippen LogP contribution in [0.5, 0.6) is 0 Å². The van der Waals surface area contributed by atoms with Crippen molar-refractivity contribution in [1.29, 1.82) is 0 Å². The Labute approximate surface area is 131 Å². The second kappa shape index (κ2) is 6.55. The van der Waals surface area contributed by atoms with Crippen molar-refractivity contribution in [3.05, 3.63) is 0 Å². The van der Waals surface area contributed by atoms with Gasteiger partial charge in [-0.25, -0.2) is 0 Å². The van der Waals surface area contributed by atoms with Crippen LogP contribution < -0.4 is 0 Å². The van der Waals surface area contributed by atoms with Gasteiger partial charge in [-0.1, -0.05) is 0 Å². The topological polar surface area (TPSA) is 9.72 Å². The molecule has 3 aliphatic heterocycles. The van der Waals surface area contributed by atoms with E-state index in [1.165, 1.54) is 58.4 Å². The van der Waals surface area contributed by atoms with E-state index in [-0.39, 0.29) is 0 Å². The van der Waals surface area contributed by atoms with Crippen LogP contribution in [0.2, 0.25) is 0 Å². The van der Waals surface area contributed by atoms with Crippen LogP contribution in [0.1, 0.15) is 53.4 Å². The molecule has 3 saturated heterocycles.